The van der Waals surface area contributed by atoms with Crippen LogP contribution >= 0.6 is 11.3 Å². The van der Waals surface area contributed by atoms with E-state index in [9.17, 15) is 20.0 Å². The lowest BCUT2D eigenvalue weighted by molar-refractivity contribution is -0.383. The summed E-state index contributed by atoms with van der Waals surface area (Å²) in [5, 5.41) is 24.2. The highest BCUT2D eigenvalue weighted by atomic mass is 32.1. The van der Waals surface area contributed by atoms with Gasteiger partial charge in [0.05, 0.1) is 11.0 Å². The number of rotatable bonds is 4. The lowest BCUT2D eigenvalue weighted by Gasteiger charge is -2.32. The number of thiophene rings is 1. The summed E-state index contributed by atoms with van der Waals surface area (Å²) in [5.41, 5.74) is 0.0499. The van der Waals surface area contributed by atoms with Crippen LogP contribution in [0.4, 0.5) is 10.7 Å². The molecule has 116 valence electrons. The van der Waals surface area contributed by atoms with Crippen molar-refractivity contribution in [3.63, 3.8) is 0 Å². The molecule has 0 radical (unpaired) electrons. The fraction of sp³-hybridized carbons (Fsp3) is 0.615. The number of carbonyl (C=O) groups is 1. The van der Waals surface area contributed by atoms with Crippen molar-refractivity contribution < 1.29 is 14.8 Å². The smallest absolute Gasteiger partial charge is 0.304 e. The highest BCUT2D eigenvalue weighted by Gasteiger charge is 2.28. The van der Waals surface area contributed by atoms with Crippen molar-refractivity contribution in [1.29, 1.82) is 0 Å². The molecule has 1 unspecified atom stereocenters. The summed E-state index contributed by atoms with van der Waals surface area (Å²) in [5.74, 6) is -0.0491. The third-order valence-corrected chi connectivity index (χ3v) is 4.87. The molecular formula is C13H19N3O4S. The first kappa shape index (κ1) is 15.7. The van der Waals surface area contributed by atoms with E-state index in [1.807, 2.05) is 4.90 Å². The van der Waals surface area contributed by atoms with Crippen LogP contribution in [0.25, 0.3) is 0 Å². The molecule has 1 aromatic rings. The number of piperidine rings is 1. The van der Waals surface area contributed by atoms with E-state index in [1.54, 1.807) is 6.92 Å². The molecule has 0 aliphatic carbocycles. The second kappa shape index (κ2) is 6.40. The van der Waals surface area contributed by atoms with Crippen LogP contribution in [0.2, 0.25) is 0 Å². The second-order valence-electron chi connectivity index (χ2n) is 5.23. The maximum Gasteiger partial charge on any atom is 0.304 e. The quantitative estimate of drug-likeness (QED) is 0.653. The van der Waals surface area contributed by atoms with Crippen molar-refractivity contribution in [1.82, 2.24) is 5.32 Å². The Kier molecular flexibility index (Phi) is 4.79. The zero-order valence-electron chi connectivity index (χ0n) is 12.0. The van der Waals surface area contributed by atoms with Gasteiger partial charge in [-0.1, -0.05) is 0 Å². The van der Waals surface area contributed by atoms with Crippen LogP contribution in [-0.4, -0.2) is 35.1 Å². The SMILES string of the molecule is CC(=O)NC1CCN(c2sc(C(C)O)cc2[N+](=O)[O-])CC1. The molecular weight excluding hydrogens is 294 g/mol. The first-order valence-electron chi connectivity index (χ1n) is 6.86. The van der Waals surface area contributed by atoms with Gasteiger partial charge in [-0.3, -0.25) is 14.9 Å². The van der Waals surface area contributed by atoms with Gasteiger partial charge in [0.2, 0.25) is 5.91 Å². The Morgan fingerprint density at radius 1 is 1.57 bits per heavy atom. The molecule has 21 heavy (non-hydrogen) atoms. The summed E-state index contributed by atoms with van der Waals surface area (Å²) in [4.78, 5) is 24.4. The van der Waals surface area contributed by atoms with Gasteiger partial charge in [0.25, 0.3) is 0 Å². The number of aliphatic hydroxyl groups is 1. The van der Waals surface area contributed by atoms with Crippen LogP contribution in [0, 0.1) is 10.1 Å². The number of aliphatic hydroxyl groups excluding tert-OH is 1. The van der Waals surface area contributed by atoms with Gasteiger partial charge in [-0.2, -0.15) is 0 Å². The Morgan fingerprint density at radius 3 is 2.67 bits per heavy atom. The normalized spacial score (nSPS) is 17.6. The molecule has 0 aromatic carbocycles. The Bertz CT molecular complexity index is 536. The van der Waals surface area contributed by atoms with Gasteiger partial charge >= 0.3 is 5.69 Å². The van der Waals surface area contributed by atoms with Gasteiger partial charge in [-0.05, 0) is 19.8 Å². The zero-order valence-corrected chi connectivity index (χ0v) is 12.9. The first-order chi connectivity index (χ1) is 9.88. The van der Waals surface area contributed by atoms with E-state index in [1.165, 1.54) is 24.3 Å². The molecule has 1 fully saturated rings. The zero-order chi connectivity index (χ0) is 15.6. The van der Waals surface area contributed by atoms with E-state index in [-0.39, 0.29) is 17.6 Å². The van der Waals surface area contributed by atoms with Gasteiger partial charge in [-0.25, -0.2) is 0 Å². The van der Waals surface area contributed by atoms with Crippen LogP contribution in [0.5, 0.6) is 0 Å². The number of nitro groups is 1. The highest BCUT2D eigenvalue weighted by Crippen LogP contribution is 2.41. The fourth-order valence-corrected chi connectivity index (χ4v) is 3.58. The van der Waals surface area contributed by atoms with Crippen molar-refractivity contribution in [2.75, 3.05) is 18.0 Å². The lowest BCUT2D eigenvalue weighted by atomic mass is 10.1. The minimum atomic E-state index is -0.709. The Hall–Kier alpha value is -1.67. The third-order valence-electron chi connectivity index (χ3n) is 3.51. The summed E-state index contributed by atoms with van der Waals surface area (Å²) < 4.78 is 0. The molecule has 2 heterocycles. The summed E-state index contributed by atoms with van der Waals surface area (Å²) in [6.45, 7) is 4.41. The molecule has 1 amide bonds. The van der Waals surface area contributed by atoms with Gasteiger partial charge in [-0.15, -0.1) is 11.3 Å². The third kappa shape index (κ3) is 3.70. The summed E-state index contributed by atoms with van der Waals surface area (Å²) in [7, 11) is 0. The largest absolute Gasteiger partial charge is 0.388 e. The van der Waals surface area contributed by atoms with E-state index >= 15 is 0 Å². The topological polar surface area (TPSA) is 95.7 Å². The first-order valence-corrected chi connectivity index (χ1v) is 7.68. The molecule has 1 saturated heterocycles. The Labute approximate surface area is 126 Å². The summed E-state index contributed by atoms with van der Waals surface area (Å²) in [6, 6.07) is 1.58. The van der Waals surface area contributed by atoms with Crippen molar-refractivity contribution in [2.24, 2.45) is 0 Å². The predicted molar refractivity (Wildman–Crippen MR) is 80.7 cm³/mol. The van der Waals surface area contributed by atoms with Crippen molar-refractivity contribution in [3.8, 4) is 0 Å². The second-order valence-corrected chi connectivity index (χ2v) is 6.30. The van der Waals surface area contributed by atoms with E-state index in [4.69, 9.17) is 0 Å². The van der Waals surface area contributed by atoms with Crippen LogP contribution < -0.4 is 10.2 Å². The number of nitrogens with one attached hydrogen (secondary N) is 1. The number of carbonyl (C=O) groups excluding carboxylic acids is 1. The van der Waals surface area contributed by atoms with E-state index in [0.717, 1.165) is 12.8 Å². The standard InChI is InChI=1S/C13H19N3O4S/c1-8(17)12-7-11(16(19)20)13(21-12)15-5-3-10(4-6-15)14-9(2)18/h7-8,10,17H,3-6H2,1-2H3,(H,14,18). The number of hydrogen-bond donors (Lipinski definition) is 2. The molecule has 0 saturated carbocycles. The molecule has 0 bridgehead atoms. The van der Waals surface area contributed by atoms with Crippen molar-refractivity contribution in [2.45, 2.75) is 38.8 Å². The predicted octanol–water partition coefficient (Wildman–Crippen LogP) is 1.81. The van der Waals surface area contributed by atoms with Crippen molar-refractivity contribution in [3.05, 3.63) is 21.1 Å². The molecule has 1 aliphatic rings. The Morgan fingerprint density at radius 2 is 2.19 bits per heavy atom. The molecule has 1 aliphatic heterocycles. The summed E-state index contributed by atoms with van der Waals surface area (Å²) in [6.07, 6.45) is 0.816. The fourth-order valence-electron chi connectivity index (χ4n) is 2.47. The molecule has 0 spiro atoms. The molecule has 1 atom stereocenters. The number of nitrogens with zero attached hydrogens (tertiary/aromatic N) is 2. The molecule has 1 aromatic heterocycles. The van der Waals surface area contributed by atoms with Gasteiger partial charge in [0, 0.05) is 37.0 Å². The number of hydrogen-bond acceptors (Lipinski definition) is 6. The molecule has 8 heteroatoms. The van der Waals surface area contributed by atoms with Crippen LogP contribution in [0.15, 0.2) is 6.07 Å². The van der Waals surface area contributed by atoms with Crippen LogP contribution in [0.3, 0.4) is 0 Å². The maximum absolute atomic E-state index is 11.2. The van der Waals surface area contributed by atoms with Gasteiger partial charge in [0.1, 0.15) is 0 Å². The number of amides is 1. The lowest BCUT2D eigenvalue weighted by Crippen LogP contribution is -2.44. The maximum atomic E-state index is 11.2. The molecule has 7 nitrogen and oxygen atoms in total. The van der Waals surface area contributed by atoms with E-state index in [2.05, 4.69) is 5.32 Å². The van der Waals surface area contributed by atoms with E-state index in [0.29, 0.717) is 23.0 Å². The average Bonchev–Trinajstić information content (AvgIpc) is 2.84. The molecule has 2 rings (SSSR count). The number of anilines is 1. The average molecular weight is 313 g/mol. The Balaban J connectivity index is 2.12. The minimum absolute atomic E-state index is 0.0491. The minimum Gasteiger partial charge on any atom is -0.388 e. The van der Waals surface area contributed by atoms with Gasteiger partial charge in [0.15, 0.2) is 5.00 Å². The van der Waals surface area contributed by atoms with Crippen LogP contribution in [-0.2, 0) is 4.79 Å². The van der Waals surface area contributed by atoms with E-state index < -0.39 is 11.0 Å². The summed E-state index contributed by atoms with van der Waals surface area (Å²) >= 11 is 1.26. The monoisotopic (exact) mass is 313 g/mol. The highest BCUT2D eigenvalue weighted by molar-refractivity contribution is 7.16. The van der Waals surface area contributed by atoms with Crippen LogP contribution in [0.1, 0.15) is 37.7 Å². The van der Waals surface area contributed by atoms with Gasteiger partial charge < -0.3 is 15.3 Å². The molecule has 2 N–H and O–H groups in total. The van der Waals surface area contributed by atoms with Crippen molar-refractivity contribution >= 4 is 27.9 Å².